The van der Waals surface area contributed by atoms with Gasteiger partial charge in [0, 0.05) is 31.6 Å². The van der Waals surface area contributed by atoms with Gasteiger partial charge in [-0.25, -0.2) is 0 Å². The second-order valence-electron chi connectivity index (χ2n) is 9.40. The molecule has 4 nitrogen and oxygen atoms in total. The fraction of sp³-hybridized carbons (Fsp3) is 0.600. The molecule has 1 saturated carbocycles. The third-order valence-corrected chi connectivity index (χ3v) is 7.19. The highest BCUT2D eigenvalue weighted by Crippen LogP contribution is 2.62. The van der Waals surface area contributed by atoms with E-state index in [1.165, 1.54) is 5.56 Å². The van der Waals surface area contributed by atoms with Gasteiger partial charge in [0.2, 0.25) is 0 Å². The number of aliphatic imine (C=N–C) groups is 1. The van der Waals surface area contributed by atoms with Crippen molar-refractivity contribution in [2.75, 3.05) is 14.2 Å². The van der Waals surface area contributed by atoms with E-state index in [0.717, 1.165) is 55.5 Å². The van der Waals surface area contributed by atoms with E-state index in [1.807, 2.05) is 14.0 Å². The smallest absolute Gasteiger partial charge is 0.260 e. The lowest BCUT2D eigenvalue weighted by molar-refractivity contribution is -0.137. The highest BCUT2D eigenvalue weighted by atomic mass is 16.5. The van der Waals surface area contributed by atoms with Gasteiger partial charge in [-0.05, 0) is 68.2 Å². The Balaban J connectivity index is 1.81. The molecule has 1 heterocycles. The van der Waals surface area contributed by atoms with E-state index < -0.39 is 5.54 Å². The molecule has 0 saturated heterocycles. The Morgan fingerprint density at radius 2 is 2.03 bits per heavy atom. The minimum Gasteiger partial charge on any atom is -0.381 e. The summed E-state index contributed by atoms with van der Waals surface area (Å²) in [6.07, 6.45) is 5.98. The van der Waals surface area contributed by atoms with E-state index in [2.05, 4.69) is 43.9 Å². The SMILES string of the molecule is COC1CCC2(CC1)Cc1ccc(C#CCC(C)C)cc1C21N=C(C)N(C)C1=O. The standard InChI is InChI=1S/C25H32N2O2/c1-17(2)7-6-8-19-9-10-20-16-24(13-11-21(29-5)12-14-24)25(22(20)15-19)23(28)27(4)18(3)26-25/h9-10,15,17,21H,7,11-14,16H2,1-5H3. The predicted octanol–water partition coefficient (Wildman–Crippen LogP) is 4.30. The molecule has 1 unspecified atom stereocenters. The topological polar surface area (TPSA) is 41.9 Å². The number of amides is 1. The van der Waals surface area contributed by atoms with Crippen LogP contribution in [0.25, 0.3) is 0 Å². The van der Waals surface area contributed by atoms with Crippen LogP contribution in [0.15, 0.2) is 23.2 Å². The zero-order valence-corrected chi connectivity index (χ0v) is 18.3. The highest BCUT2D eigenvalue weighted by molar-refractivity contribution is 6.08. The molecule has 0 N–H and O–H groups in total. The van der Waals surface area contributed by atoms with Crippen molar-refractivity contribution in [1.29, 1.82) is 0 Å². The molecule has 0 radical (unpaired) electrons. The van der Waals surface area contributed by atoms with Gasteiger partial charge in [0.1, 0.15) is 5.84 Å². The molecule has 154 valence electrons. The lowest BCUT2D eigenvalue weighted by Gasteiger charge is -2.45. The van der Waals surface area contributed by atoms with Gasteiger partial charge in [0.05, 0.1) is 6.10 Å². The number of nitrogens with zero attached hydrogens (tertiary/aromatic N) is 2. The number of fused-ring (bicyclic) bond motifs is 3. The minimum absolute atomic E-state index is 0.122. The number of hydrogen-bond acceptors (Lipinski definition) is 3. The molecule has 1 aromatic rings. The van der Waals surface area contributed by atoms with Gasteiger partial charge in [-0.1, -0.05) is 31.8 Å². The van der Waals surface area contributed by atoms with Crippen LogP contribution in [0.1, 0.15) is 69.6 Å². The van der Waals surface area contributed by atoms with Gasteiger partial charge < -0.3 is 9.64 Å². The molecule has 2 aliphatic carbocycles. The molecule has 4 heteroatoms. The Morgan fingerprint density at radius 1 is 1.31 bits per heavy atom. The molecule has 2 spiro atoms. The van der Waals surface area contributed by atoms with Crippen molar-refractivity contribution >= 4 is 11.7 Å². The van der Waals surface area contributed by atoms with Crippen LogP contribution < -0.4 is 0 Å². The Labute approximate surface area is 174 Å². The third-order valence-electron chi connectivity index (χ3n) is 7.19. The summed E-state index contributed by atoms with van der Waals surface area (Å²) in [6, 6.07) is 6.44. The molecule has 1 aromatic carbocycles. The fourth-order valence-corrected chi connectivity index (χ4v) is 5.47. The number of ether oxygens (including phenoxy) is 1. The van der Waals surface area contributed by atoms with Gasteiger partial charge in [-0.15, -0.1) is 0 Å². The van der Waals surface area contributed by atoms with Crippen LogP contribution in [-0.4, -0.2) is 36.9 Å². The van der Waals surface area contributed by atoms with E-state index in [-0.39, 0.29) is 17.4 Å². The van der Waals surface area contributed by atoms with Gasteiger partial charge in [0.25, 0.3) is 5.91 Å². The first-order valence-electron chi connectivity index (χ1n) is 10.8. The number of benzene rings is 1. The van der Waals surface area contributed by atoms with Crippen LogP contribution in [0.3, 0.4) is 0 Å². The van der Waals surface area contributed by atoms with Crippen molar-refractivity contribution in [1.82, 2.24) is 4.90 Å². The summed E-state index contributed by atoms with van der Waals surface area (Å²) in [6.45, 7) is 6.30. The summed E-state index contributed by atoms with van der Waals surface area (Å²) in [5.74, 6) is 8.09. The molecule has 1 atom stereocenters. The largest absolute Gasteiger partial charge is 0.381 e. The molecular weight excluding hydrogens is 360 g/mol. The first-order valence-corrected chi connectivity index (χ1v) is 10.8. The zero-order valence-electron chi connectivity index (χ0n) is 18.3. The van der Waals surface area contributed by atoms with Gasteiger partial charge in [-0.3, -0.25) is 9.79 Å². The van der Waals surface area contributed by atoms with Crippen LogP contribution in [0.5, 0.6) is 0 Å². The summed E-state index contributed by atoms with van der Waals surface area (Å²) in [5.41, 5.74) is 2.38. The molecule has 0 bridgehead atoms. The van der Waals surface area contributed by atoms with E-state index in [0.29, 0.717) is 5.92 Å². The van der Waals surface area contributed by atoms with Crippen LogP contribution >= 0.6 is 0 Å². The van der Waals surface area contributed by atoms with Gasteiger partial charge in [0.15, 0.2) is 5.54 Å². The Bertz CT molecular complexity index is 912. The summed E-state index contributed by atoms with van der Waals surface area (Å²) in [4.78, 5) is 20.5. The average molecular weight is 393 g/mol. The summed E-state index contributed by atoms with van der Waals surface area (Å²) in [7, 11) is 3.65. The normalized spacial score (nSPS) is 30.7. The minimum atomic E-state index is -0.796. The first-order chi connectivity index (χ1) is 13.8. The lowest BCUT2D eigenvalue weighted by Crippen LogP contribution is -2.51. The average Bonchev–Trinajstić information content (AvgIpc) is 3.09. The molecule has 3 aliphatic rings. The van der Waals surface area contributed by atoms with Crippen molar-refractivity contribution < 1.29 is 9.53 Å². The zero-order chi connectivity index (χ0) is 20.8. The molecular formula is C25H32N2O2. The number of likely N-dealkylation sites (N-methyl/N-ethyl adjacent to an activating group) is 1. The molecule has 0 aromatic heterocycles. The van der Waals surface area contributed by atoms with Crippen LogP contribution in [0, 0.1) is 23.2 Å². The molecule has 1 amide bonds. The van der Waals surface area contributed by atoms with Crippen LogP contribution in [0.4, 0.5) is 0 Å². The van der Waals surface area contributed by atoms with Crippen molar-refractivity contribution in [3.63, 3.8) is 0 Å². The Morgan fingerprint density at radius 3 is 2.62 bits per heavy atom. The molecule has 1 aliphatic heterocycles. The van der Waals surface area contributed by atoms with Crippen LogP contribution in [0.2, 0.25) is 0 Å². The van der Waals surface area contributed by atoms with E-state index in [1.54, 1.807) is 12.0 Å². The van der Waals surface area contributed by atoms with E-state index in [4.69, 9.17) is 9.73 Å². The number of amidine groups is 1. The summed E-state index contributed by atoms with van der Waals surface area (Å²) in [5, 5.41) is 0. The van der Waals surface area contributed by atoms with Crippen molar-refractivity contribution in [3.8, 4) is 11.8 Å². The quantitative estimate of drug-likeness (QED) is 0.704. The van der Waals surface area contributed by atoms with Crippen molar-refractivity contribution in [3.05, 3.63) is 34.9 Å². The van der Waals surface area contributed by atoms with E-state index in [9.17, 15) is 4.79 Å². The lowest BCUT2D eigenvalue weighted by atomic mass is 9.61. The molecule has 4 rings (SSSR count). The second-order valence-corrected chi connectivity index (χ2v) is 9.40. The first kappa shape index (κ1) is 20.2. The fourth-order valence-electron chi connectivity index (χ4n) is 5.47. The maximum Gasteiger partial charge on any atom is 0.260 e. The highest BCUT2D eigenvalue weighted by Gasteiger charge is 2.65. The molecule has 29 heavy (non-hydrogen) atoms. The van der Waals surface area contributed by atoms with Gasteiger partial charge >= 0.3 is 0 Å². The monoisotopic (exact) mass is 392 g/mol. The van der Waals surface area contributed by atoms with Crippen molar-refractivity contribution in [2.45, 2.75) is 70.9 Å². The van der Waals surface area contributed by atoms with Gasteiger partial charge in [-0.2, -0.15) is 0 Å². The maximum absolute atomic E-state index is 13.7. The molecule has 1 fully saturated rings. The number of carbonyl (C=O) groups is 1. The maximum atomic E-state index is 13.7. The third kappa shape index (κ3) is 3.02. The predicted molar refractivity (Wildman–Crippen MR) is 116 cm³/mol. The summed E-state index contributed by atoms with van der Waals surface area (Å²) < 4.78 is 5.62. The number of hydrogen-bond donors (Lipinski definition) is 0. The summed E-state index contributed by atoms with van der Waals surface area (Å²) >= 11 is 0. The second kappa shape index (κ2) is 7.29. The Kier molecular flexibility index (Phi) is 5.07. The number of carbonyl (C=O) groups excluding carboxylic acids is 1. The van der Waals surface area contributed by atoms with Crippen molar-refractivity contribution in [2.24, 2.45) is 16.3 Å². The Hall–Kier alpha value is -2.12. The van der Waals surface area contributed by atoms with E-state index >= 15 is 0 Å². The number of rotatable bonds is 2. The number of methoxy groups -OCH3 is 1. The van der Waals surface area contributed by atoms with Crippen LogP contribution in [-0.2, 0) is 21.5 Å².